The van der Waals surface area contributed by atoms with Crippen LogP contribution >= 0.6 is 0 Å². The number of rotatable bonds is 15. The van der Waals surface area contributed by atoms with Gasteiger partial charge in [-0.2, -0.15) is 0 Å². The number of benzene rings is 4. The van der Waals surface area contributed by atoms with Crippen LogP contribution < -0.4 is 19.9 Å². The molecule has 16 heteroatoms. The fourth-order valence-electron chi connectivity index (χ4n) is 10.5. The summed E-state index contributed by atoms with van der Waals surface area (Å²) in [6, 6.07) is 24.2. The van der Waals surface area contributed by atoms with Crippen molar-refractivity contribution in [1.29, 1.82) is 0 Å². The standard InChI is InChI=1S/C48H57N5O10Si/c1-5-62-38-17-19-41-34(23-38)24-40(49-20-8-9-21-54)46(57)52(41)35-14-12-31(13-15-35)27-51-42-18-16-36(53(59)60)25-39(42)48(47(51)58)30(2)45(64(3,4)61)43(63-48)26-44(56)50-28-33-11-7-6-10-32(33)22-37(50)29-55/h6-7,10-19,23,25,30,37,40,43,45,49,54-55,61H,5,8-9,20-22,24,26-29H2,1-4H3/t30-,37-,40?,43+,45-,48+/m0/s1. The van der Waals surface area contributed by atoms with Crippen LogP contribution in [0.25, 0.3) is 0 Å². The Hall–Kier alpha value is -5.49. The van der Waals surface area contributed by atoms with Gasteiger partial charge < -0.3 is 39.6 Å². The van der Waals surface area contributed by atoms with Crippen LogP contribution in [0.4, 0.5) is 22.7 Å². The van der Waals surface area contributed by atoms with E-state index in [1.807, 2.05) is 80.6 Å². The molecule has 1 saturated heterocycles. The number of unbranched alkanes of at least 4 members (excludes halogenated alkanes) is 1. The second-order valence-electron chi connectivity index (χ2n) is 18.0. The molecule has 4 N–H and O–H groups in total. The van der Waals surface area contributed by atoms with Crippen molar-refractivity contribution >= 4 is 48.8 Å². The number of carbonyl (C=O) groups is 3. The smallest absolute Gasteiger partial charge is 0.269 e. The summed E-state index contributed by atoms with van der Waals surface area (Å²) in [5, 5.41) is 35.3. The summed E-state index contributed by atoms with van der Waals surface area (Å²) < 4.78 is 12.7. The molecule has 0 aromatic heterocycles. The summed E-state index contributed by atoms with van der Waals surface area (Å²) in [5.74, 6) is -0.809. The molecular formula is C48H57N5O10Si. The first-order chi connectivity index (χ1) is 30.7. The summed E-state index contributed by atoms with van der Waals surface area (Å²) in [5.41, 5.74) is 3.26. The molecule has 8 rings (SSSR count). The molecule has 338 valence electrons. The van der Waals surface area contributed by atoms with Crippen LogP contribution in [0.3, 0.4) is 0 Å². The number of ether oxygens (including phenoxy) is 2. The number of aliphatic hydroxyl groups excluding tert-OH is 2. The van der Waals surface area contributed by atoms with E-state index in [-0.39, 0.29) is 43.7 Å². The first-order valence-corrected chi connectivity index (χ1v) is 25.2. The Kier molecular flexibility index (Phi) is 12.8. The largest absolute Gasteiger partial charge is 0.494 e. The fraction of sp³-hybridized carbons (Fsp3) is 0.438. The molecule has 0 saturated carbocycles. The molecule has 4 aromatic rings. The topological polar surface area (TPSA) is 195 Å². The average molecular weight is 892 g/mol. The van der Waals surface area contributed by atoms with Gasteiger partial charge in [0.15, 0.2) is 13.9 Å². The van der Waals surface area contributed by atoms with Crippen molar-refractivity contribution < 1.29 is 43.8 Å². The lowest BCUT2D eigenvalue weighted by Gasteiger charge is -2.37. The SMILES string of the molecule is CCOc1ccc2c(c1)CC(NCCCCO)C(=O)N2c1ccc(CN2C(=O)[C@]3(O[C@H](CC(=O)N4Cc5ccccc5C[C@H]4CO)[C@@H]([Si](C)(C)O)[C@@H]3C)c3cc([N+](=O)[O-])ccc32)cc1. The van der Waals surface area contributed by atoms with Gasteiger partial charge in [-0.15, -0.1) is 0 Å². The van der Waals surface area contributed by atoms with Crippen molar-refractivity contribution in [2.24, 2.45) is 5.92 Å². The Bertz CT molecular complexity index is 2430. The van der Waals surface area contributed by atoms with E-state index in [1.54, 1.807) is 33.9 Å². The zero-order valence-corrected chi connectivity index (χ0v) is 37.7. The molecule has 4 aliphatic heterocycles. The molecular weight excluding hydrogens is 835 g/mol. The molecule has 4 aliphatic rings. The van der Waals surface area contributed by atoms with Gasteiger partial charge in [-0.3, -0.25) is 29.4 Å². The predicted molar refractivity (Wildman–Crippen MR) is 243 cm³/mol. The number of non-ortho nitro benzene ring substituents is 1. The van der Waals surface area contributed by atoms with Crippen LogP contribution in [0.1, 0.15) is 60.9 Å². The summed E-state index contributed by atoms with van der Waals surface area (Å²) in [6.45, 7) is 8.53. The van der Waals surface area contributed by atoms with E-state index in [1.165, 1.54) is 12.1 Å². The van der Waals surface area contributed by atoms with Crippen molar-refractivity contribution in [3.8, 4) is 5.75 Å². The number of hydrogen-bond acceptors (Lipinski definition) is 11. The van der Waals surface area contributed by atoms with Crippen LogP contribution in [-0.2, 0) is 50.7 Å². The van der Waals surface area contributed by atoms with Crippen molar-refractivity contribution in [1.82, 2.24) is 10.2 Å². The van der Waals surface area contributed by atoms with E-state index in [0.29, 0.717) is 61.6 Å². The lowest BCUT2D eigenvalue weighted by atomic mass is 9.82. The first kappa shape index (κ1) is 45.1. The maximum atomic E-state index is 15.2. The number of aliphatic hydroxyl groups is 2. The van der Waals surface area contributed by atoms with E-state index >= 15 is 4.79 Å². The van der Waals surface area contributed by atoms with E-state index < -0.39 is 54.4 Å². The second kappa shape index (κ2) is 18.2. The average Bonchev–Trinajstić information content (AvgIpc) is 3.70. The van der Waals surface area contributed by atoms with Crippen LogP contribution in [0.2, 0.25) is 18.6 Å². The third-order valence-corrected chi connectivity index (χ3v) is 16.0. The maximum absolute atomic E-state index is 15.2. The van der Waals surface area contributed by atoms with Crippen LogP contribution in [0.15, 0.2) is 84.9 Å². The summed E-state index contributed by atoms with van der Waals surface area (Å²) >= 11 is 0. The van der Waals surface area contributed by atoms with E-state index in [0.717, 1.165) is 34.4 Å². The molecule has 0 aliphatic carbocycles. The molecule has 1 spiro atoms. The van der Waals surface area contributed by atoms with Gasteiger partial charge in [0.05, 0.1) is 60.7 Å². The van der Waals surface area contributed by atoms with Gasteiger partial charge >= 0.3 is 0 Å². The third-order valence-electron chi connectivity index (χ3n) is 13.5. The number of nitro benzene ring substituents is 1. The lowest BCUT2D eigenvalue weighted by molar-refractivity contribution is -0.385. The fourth-order valence-corrected chi connectivity index (χ4v) is 13.1. The Labute approximate surface area is 373 Å². The number of fused-ring (bicyclic) bond motifs is 4. The molecule has 0 bridgehead atoms. The predicted octanol–water partition coefficient (Wildman–Crippen LogP) is 5.63. The summed E-state index contributed by atoms with van der Waals surface area (Å²) in [6.07, 6.45) is 1.25. The minimum atomic E-state index is -3.21. The van der Waals surface area contributed by atoms with Gasteiger partial charge in [0.1, 0.15) is 5.75 Å². The Morgan fingerprint density at radius 1 is 0.969 bits per heavy atom. The number of anilines is 3. The molecule has 64 heavy (non-hydrogen) atoms. The van der Waals surface area contributed by atoms with Crippen molar-refractivity contribution in [3.05, 3.63) is 123 Å². The number of nitrogens with one attached hydrogen (secondary N) is 1. The molecule has 4 heterocycles. The van der Waals surface area contributed by atoms with Crippen molar-refractivity contribution in [2.75, 3.05) is 36.2 Å². The van der Waals surface area contributed by atoms with Gasteiger partial charge in [-0.05, 0) is 111 Å². The number of carbonyl (C=O) groups excluding carboxylic acids is 3. The summed E-state index contributed by atoms with van der Waals surface area (Å²) in [4.78, 5) is 72.1. The quantitative estimate of drug-likeness (QED) is 0.0501. The molecule has 1 unspecified atom stereocenters. The number of hydrogen-bond donors (Lipinski definition) is 4. The van der Waals surface area contributed by atoms with Gasteiger partial charge in [0.2, 0.25) is 11.8 Å². The first-order valence-electron chi connectivity index (χ1n) is 22.2. The van der Waals surface area contributed by atoms with Crippen molar-refractivity contribution in [2.45, 2.75) is 101 Å². The second-order valence-corrected chi connectivity index (χ2v) is 21.9. The van der Waals surface area contributed by atoms with Crippen LogP contribution in [0.5, 0.6) is 5.75 Å². The van der Waals surface area contributed by atoms with Gasteiger partial charge in [-0.1, -0.05) is 43.3 Å². The van der Waals surface area contributed by atoms with E-state index in [2.05, 4.69) is 5.32 Å². The molecule has 4 aromatic carbocycles. The third kappa shape index (κ3) is 8.22. The van der Waals surface area contributed by atoms with E-state index in [9.17, 15) is 34.7 Å². The molecule has 6 atom stereocenters. The Morgan fingerprint density at radius 3 is 2.39 bits per heavy atom. The lowest BCUT2D eigenvalue weighted by Crippen LogP contribution is -2.49. The van der Waals surface area contributed by atoms with Gasteiger partial charge in [0, 0.05) is 48.0 Å². The minimum absolute atomic E-state index is 0.0681. The Morgan fingerprint density at radius 2 is 1.70 bits per heavy atom. The zero-order valence-electron chi connectivity index (χ0n) is 36.7. The normalized spacial score (nSPS) is 23.9. The highest BCUT2D eigenvalue weighted by Crippen LogP contribution is 2.60. The highest BCUT2D eigenvalue weighted by molar-refractivity contribution is 6.71. The highest BCUT2D eigenvalue weighted by Gasteiger charge is 2.67. The molecule has 15 nitrogen and oxygen atoms in total. The number of nitrogens with zero attached hydrogens (tertiary/aromatic N) is 4. The Balaban J connectivity index is 1.09. The minimum Gasteiger partial charge on any atom is -0.494 e. The monoisotopic (exact) mass is 891 g/mol. The highest BCUT2D eigenvalue weighted by atomic mass is 28.4. The summed E-state index contributed by atoms with van der Waals surface area (Å²) in [7, 11) is -3.21. The molecule has 3 amide bonds. The van der Waals surface area contributed by atoms with Crippen molar-refractivity contribution in [3.63, 3.8) is 0 Å². The number of amides is 3. The van der Waals surface area contributed by atoms with Crippen LogP contribution in [-0.4, -0.2) is 95.4 Å². The number of nitro groups is 1. The van der Waals surface area contributed by atoms with Crippen LogP contribution in [0, 0.1) is 16.0 Å². The molecule has 1 fully saturated rings. The van der Waals surface area contributed by atoms with Gasteiger partial charge in [-0.25, -0.2) is 0 Å². The molecule has 0 radical (unpaired) electrons. The zero-order chi connectivity index (χ0) is 45.5. The maximum Gasteiger partial charge on any atom is 0.269 e. The van der Waals surface area contributed by atoms with Gasteiger partial charge in [0.25, 0.3) is 11.6 Å². The van der Waals surface area contributed by atoms with E-state index in [4.69, 9.17) is 9.47 Å².